The molecule has 0 unspecified atom stereocenters. The molecule has 0 aliphatic heterocycles. The van der Waals surface area contributed by atoms with Crippen LogP contribution in [0.2, 0.25) is 0 Å². The summed E-state index contributed by atoms with van der Waals surface area (Å²) in [5, 5.41) is 12.6. The van der Waals surface area contributed by atoms with Crippen LogP contribution in [0.3, 0.4) is 0 Å². The summed E-state index contributed by atoms with van der Waals surface area (Å²) in [4.78, 5) is 23.1. The van der Waals surface area contributed by atoms with E-state index in [0.717, 1.165) is 11.8 Å². The molecule has 138 valence electrons. The quantitative estimate of drug-likeness (QED) is 0.528. The van der Waals surface area contributed by atoms with E-state index in [1.807, 2.05) is 0 Å². The van der Waals surface area contributed by atoms with Gasteiger partial charge in [0.25, 0.3) is 5.22 Å². The van der Waals surface area contributed by atoms with Crippen molar-refractivity contribution in [1.29, 1.82) is 0 Å². The van der Waals surface area contributed by atoms with Crippen LogP contribution < -0.4 is 20.1 Å². The van der Waals surface area contributed by atoms with E-state index in [0.29, 0.717) is 17.1 Å². The Balaban J connectivity index is 1.96. The van der Waals surface area contributed by atoms with Crippen molar-refractivity contribution in [2.45, 2.75) is 5.22 Å². The van der Waals surface area contributed by atoms with Crippen LogP contribution in [-0.4, -0.2) is 48.7 Å². The average molecular weight is 378 g/mol. The van der Waals surface area contributed by atoms with Gasteiger partial charge in [0.2, 0.25) is 11.8 Å². The SMILES string of the molecule is C=CCNC(=O)NC(=O)CSc1nnc(-c2cc(OC)cc(OC)c2)o1. The van der Waals surface area contributed by atoms with Crippen LogP contribution in [0.5, 0.6) is 11.5 Å². The minimum atomic E-state index is -0.592. The first-order valence-electron chi connectivity index (χ1n) is 7.44. The number of nitrogens with zero attached hydrogens (tertiary/aromatic N) is 2. The minimum Gasteiger partial charge on any atom is -0.497 e. The summed E-state index contributed by atoms with van der Waals surface area (Å²) in [7, 11) is 3.08. The van der Waals surface area contributed by atoms with Gasteiger partial charge in [0.05, 0.1) is 20.0 Å². The molecule has 2 aromatic rings. The zero-order valence-electron chi connectivity index (χ0n) is 14.3. The summed E-state index contributed by atoms with van der Waals surface area (Å²) in [6, 6.07) is 4.57. The maximum Gasteiger partial charge on any atom is 0.321 e. The third-order valence-corrected chi connectivity index (χ3v) is 3.81. The van der Waals surface area contributed by atoms with Gasteiger partial charge < -0.3 is 19.2 Å². The molecular formula is C16H18N4O5S. The van der Waals surface area contributed by atoms with E-state index in [-0.39, 0.29) is 23.4 Å². The first-order chi connectivity index (χ1) is 12.5. The molecule has 10 heteroatoms. The van der Waals surface area contributed by atoms with Gasteiger partial charge in [-0.1, -0.05) is 17.8 Å². The Morgan fingerprint density at radius 1 is 1.23 bits per heavy atom. The van der Waals surface area contributed by atoms with Crippen LogP contribution in [0.4, 0.5) is 4.79 Å². The lowest BCUT2D eigenvalue weighted by Gasteiger charge is -2.05. The molecule has 0 aliphatic rings. The second-order valence-electron chi connectivity index (χ2n) is 4.81. The molecule has 0 fully saturated rings. The molecule has 0 saturated heterocycles. The number of carbonyl (C=O) groups is 2. The van der Waals surface area contributed by atoms with Gasteiger partial charge in [0.15, 0.2) is 0 Å². The topological polar surface area (TPSA) is 116 Å². The Hall–Kier alpha value is -3.01. The first kappa shape index (κ1) is 19.3. The van der Waals surface area contributed by atoms with Crippen LogP contribution in [0.15, 0.2) is 40.5 Å². The Morgan fingerprint density at radius 2 is 1.92 bits per heavy atom. The molecule has 0 saturated carbocycles. The molecule has 2 N–H and O–H groups in total. The lowest BCUT2D eigenvalue weighted by atomic mass is 10.2. The Bertz CT molecular complexity index is 770. The Labute approximate surface area is 154 Å². The van der Waals surface area contributed by atoms with Gasteiger partial charge in [0.1, 0.15) is 11.5 Å². The number of rotatable bonds is 8. The highest BCUT2D eigenvalue weighted by Crippen LogP contribution is 2.30. The molecule has 26 heavy (non-hydrogen) atoms. The fourth-order valence-electron chi connectivity index (χ4n) is 1.81. The van der Waals surface area contributed by atoms with Crippen LogP contribution in [0.25, 0.3) is 11.5 Å². The number of thioether (sulfide) groups is 1. The maximum absolute atomic E-state index is 11.7. The van der Waals surface area contributed by atoms with Gasteiger partial charge in [-0.25, -0.2) is 4.79 Å². The fourth-order valence-corrected chi connectivity index (χ4v) is 2.38. The number of ether oxygens (including phenoxy) is 2. The maximum atomic E-state index is 11.7. The molecule has 0 bridgehead atoms. The van der Waals surface area contributed by atoms with E-state index in [4.69, 9.17) is 13.9 Å². The number of aromatic nitrogens is 2. The number of amides is 3. The molecule has 9 nitrogen and oxygen atoms in total. The highest BCUT2D eigenvalue weighted by molar-refractivity contribution is 7.99. The van der Waals surface area contributed by atoms with Crippen LogP contribution in [0, 0.1) is 0 Å². The number of benzene rings is 1. The fraction of sp³-hybridized carbons (Fsp3) is 0.250. The van der Waals surface area contributed by atoms with Crippen LogP contribution in [0.1, 0.15) is 0 Å². The average Bonchev–Trinajstić information content (AvgIpc) is 3.13. The van der Waals surface area contributed by atoms with Gasteiger partial charge in [-0.3, -0.25) is 10.1 Å². The first-order valence-corrected chi connectivity index (χ1v) is 8.42. The van der Waals surface area contributed by atoms with Gasteiger partial charge in [0, 0.05) is 18.2 Å². The highest BCUT2D eigenvalue weighted by atomic mass is 32.2. The third-order valence-electron chi connectivity index (χ3n) is 2.99. The highest BCUT2D eigenvalue weighted by Gasteiger charge is 2.14. The van der Waals surface area contributed by atoms with Gasteiger partial charge in [-0.15, -0.1) is 16.8 Å². The van der Waals surface area contributed by atoms with E-state index in [2.05, 4.69) is 27.4 Å². The van der Waals surface area contributed by atoms with E-state index in [9.17, 15) is 9.59 Å². The Kier molecular flexibility index (Phi) is 7.03. The molecule has 0 radical (unpaired) electrons. The molecule has 0 aliphatic carbocycles. The van der Waals surface area contributed by atoms with E-state index < -0.39 is 11.9 Å². The molecule has 1 heterocycles. The number of hydrogen-bond acceptors (Lipinski definition) is 8. The monoisotopic (exact) mass is 378 g/mol. The zero-order chi connectivity index (χ0) is 18.9. The van der Waals surface area contributed by atoms with Crippen molar-refractivity contribution >= 4 is 23.7 Å². The van der Waals surface area contributed by atoms with Crippen molar-refractivity contribution in [3.8, 4) is 23.0 Å². The molecule has 1 aromatic carbocycles. The number of imide groups is 1. The van der Waals surface area contributed by atoms with Crippen molar-refractivity contribution in [1.82, 2.24) is 20.8 Å². The lowest BCUT2D eigenvalue weighted by Crippen LogP contribution is -2.40. The van der Waals surface area contributed by atoms with Crippen molar-refractivity contribution in [3.63, 3.8) is 0 Å². The van der Waals surface area contributed by atoms with Gasteiger partial charge in [-0.05, 0) is 12.1 Å². The predicted octanol–water partition coefficient (Wildman–Crippen LogP) is 1.86. The summed E-state index contributed by atoms with van der Waals surface area (Å²) < 4.78 is 15.9. The lowest BCUT2D eigenvalue weighted by molar-refractivity contribution is -0.117. The normalized spacial score (nSPS) is 10.1. The second-order valence-corrected chi connectivity index (χ2v) is 5.74. The van der Waals surface area contributed by atoms with Gasteiger partial charge >= 0.3 is 6.03 Å². The van der Waals surface area contributed by atoms with Crippen molar-refractivity contribution in [2.24, 2.45) is 0 Å². The largest absolute Gasteiger partial charge is 0.497 e. The van der Waals surface area contributed by atoms with E-state index in [1.54, 1.807) is 18.2 Å². The third kappa shape index (κ3) is 5.52. The van der Waals surface area contributed by atoms with Crippen molar-refractivity contribution in [2.75, 3.05) is 26.5 Å². The molecule has 3 amide bonds. The number of hydrogen-bond donors (Lipinski definition) is 2. The summed E-state index contributed by atoms with van der Waals surface area (Å²) in [5.41, 5.74) is 0.619. The number of carbonyl (C=O) groups excluding carboxylic acids is 2. The summed E-state index contributed by atoms with van der Waals surface area (Å²) in [5.74, 6) is 0.881. The van der Waals surface area contributed by atoms with Crippen molar-refractivity contribution in [3.05, 3.63) is 30.9 Å². The zero-order valence-corrected chi connectivity index (χ0v) is 15.1. The summed E-state index contributed by atoms with van der Waals surface area (Å²) in [6.45, 7) is 3.73. The molecule has 0 atom stereocenters. The smallest absolute Gasteiger partial charge is 0.321 e. The van der Waals surface area contributed by atoms with Crippen LogP contribution in [-0.2, 0) is 4.79 Å². The predicted molar refractivity (Wildman–Crippen MR) is 95.3 cm³/mol. The van der Waals surface area contributed by atoms with Crippen LogP contribution >= 0.6 is 11.8 Å². The second kappa shape index (κ2) is 9.47. The number of methoxy groups -OCH3 is 2. The number of urea groups is 1. The van der Waals surface area contributed by atoms with Gasteiger partial charge in [-0.2, -0.15) is 0 Å². The molecule has 1 aromatic heterocycles. The Morgan fingerprint density at radius 3 is 2.54 bits per heavy atom. The minimum absolute atomic E-state index is 0.0510. The number of nitrogens with one attached hydrogen (secondary N) is 2. The molecular weight excluding hydrogens is 360 g/mol. The van der Waals surface area contributed by atoms with Crippen molar-refractivity contribution < 1.29 is 23.5 Å². The molecule has 2 rings (SSSR count). The van der Waals surface area contributed by atoms with E-state index in [1.165, 1.54) is 20.3 Å². The summed E-state index contributed by atoms with van der Waals surface area (Å²) >= 11 is 1.01. The standard InChI is InChI=1S/C16H18N4O5S/c1-4-5-17-15(22)18-13(21)9-26-16-20-19-14(25-16)10-6-11(23-2)8-12(7-10)24-3/h4,6-8H,1,5,9H2,2-3H3,(H2,17,18,21,22). The van der Waals surface area contributed by atoms with E-state index >= 15 is 0 Å². The summed E-state index contributed by atoms with van der Waals surface area (Å²) in [6.07, 6.45) is 1.51. The molecule has 0 spiro atoms.